The summed E-state index contributed by atoms with van der Waals surface area (Å²) >= 11 is 0. The molecule has 0 amide bonds. The van der Waals surface area contributed by atoms with E-state index >= 15 is 0 Å². The summed E-state index contributed by atoms with van der Waals surface area (Å²) in [7, 11) is 2.13. The van der Waals surface area contributed by atoms with E-state index in [0.717, 1.165) is 13.2 Å². The average Bonchev–Trinajstić information content (AvgIpc) is 2.92. The second-order valence-electron chi connectivity index (χ2n) is 5.25. The van der Waals surface area contributed by atoms with Gasteiger partial charge in [0.2, 0.25) is 5.89 Å². The van der Waals surface area contributed by atoms with E-state index < -0.39 is 0 Å². The Kier molecular flexibility index (Phi) is 4.17. The quantitative estimate of drug-likeness (QED) is 0.926. The number of rotatable bonds is 4. The Bertz CT molecular complexity index is 572. The lowest BCUT2D eigenvalue weighted by Gasteiger charge is -2.39. The van der Waals surface area contributed by atoms with Crippen molar-refractivity contribution in [2.45, 2.75) is 19.1 Å². The fraction of sp³-hybridized carbons (Fsp3) is 0.467. The zero-order chi connectivity index (χ0) is 14.7. The van der Waals surface area contributed by atoms with Crippen molar-refractivity contribution in [2.75, 3.05) is 32.1 Å². The van der Waals surface area contributed by atoms with E-state index in [9.17, 15) is 0 Å². The number of nitrogens with one attached hydrogen (secondary N) is 1. The normalized spacial score (nSPS) is 23.1. The average molecular weight is 288 g/mol. The zero-order valence-electron chi connectivity index (χ0n) is 12.3. The topological polar surface area (TPSA) is 63.4 Å². The monoisotopic (exact) mass is 288 g/mol. The summed E-state index contributed by atoms with van der Waals surface area (Å²) < 4.78 is 11.3. The van der Waals surface area contributed by atoms with Crippen LogP contribution in [0.1, 0.15) is 17.5 Å². The van der Waals surface area contributed by atoms with Gasteiger partial charge in [0.05, 0.1) is 18.8 Å². The third kappa shape index (κ3) is 3.22. The van der Waals surface area contributed by atoms with Gasteiger partial charge in [0.15, 0.2) is 0 Å². The number of hydrogen-bond donors (Lipinski definition) is 1. The van der Waals surface area contributed by atoms with Crippen molar-refractivity contribution in [3.63, 3.8) is 0 Å². The molecule has 0 radical (unpaired) electrons. The molecule has 2 atom stereocenters. The van der Waals surface area contributed by atoms with Crippen LogP contribution >= 0.6 is 0 Å². The molecule has 6 heteroatoms. The summed E-state index contributed by atoms with van der Waals surface area (Å²) in [5.74, 6) is 0.554. The summed E-state index contributed by atoms with van der Waals surface area (Å²) in [6.07, 6.45) is 0.0401. The summed E-state index contributed by atoms with van der Waals surface area (Å²) in [5, 5.41) is 10.9. The van der Waals surface area contributed by atoms with E-state index in [1.165, 1.54) is 5.56 Å². The third-order valence-electron chi connectivity index (χ3n) is 3.72. The fourth-order valence-electron chi connectivity index (χ4n) is 2.71. The molecule has 1 aromatic carbocycles. The van der Waals surface area contributed by atoms with Crippen LogP contribution in [0.15, 0.2) is 34.7 Å². The van der Waals surface area contributed by atoms with Gasteiger partial charge in [-0.05, 0) is 12.6 Å². The number of aromatic nitrogens is 2. The smallest absolute Gasteiger partial charge is 0.315 e. The third-order valence-corrected chi connectivity index (χ3v) is 3.72. The van der Waals surface area contributed by atoms with E-state index in [0.29, 0.717) is 18.5 Å². The molecule has 21 heavy (non-hydrogen) atoms. The number of ether oxygens (including phenoxy) is 1. The van der Waals surface area contributed by atoms with Crippen LogP contribution in [0.3, 0.4) is 0 Å². The molecule has 0 saturated carbocycles. The largest absolute Gasteiger partial charge is 0.408 e. The van der Waals surface area contributed by atoms with Crippen LogP contribution < -0.4 is 5.32 Å². The predicted molar refractivity (Wildman–Crippen MR) is 79.1 cm³/mol. The molecule has 6 nitrogen and oxygen atoms in total. The van der Waals surface area contributed by atoms with Gasteiger partial charge < -0.3 is 14.5 Å². The lowest BCUT2D eigenvalue weighted by atomic mass is 9.98. The van der Waals surface area contributed by atoms with E-state index in [1.807, 2.05) is 6.07 Å². The highest BCUT2D eigenvalue weighted by Crippen LogP contribution is 2.28. The highest BCUT2D eigenvalue weighted by molar-refractivity contribution is 5.23. The SMILES string of the molecule is Cc1nnc(NC[C@@H]2OCCN(C)[C@H]2c2ccccc2)o1. The highest BCUT2D eigenvalue weighted by Gasteiger charge is 2.31. The Hall–Kier alpha value is -1.92. The number of nitrogens with zero attached hydrogens (tertiary/aromatic N) is 3. The maximum atomic E-state index is 5.95. The second kappa shape index (κ2) is 6.24. The first-order valence-electron chi connectivity index (χ1n) is 7.15. The number of aryl methyl sites for hydroxylation is 1. The second-order valence-corrected chi connectivity index (χ2v) is 5.25. The molecule has 2 heterocycles. The van der Waals surface area contributed by atoms with Crippen molar-refractivity contribution in [1.29, 1.82) is 0 Å². The summed E-state index contributed by atoms with van der Waals surface area (Å²) in [5.41, 5.74) is 1.26. The Labute approximate surface area is 124 Å². The number of benzene rings is 1. The maximum Gasteiger partial charge on any atom is 0.315 e. The van der Waals surface area contributed by atoms with Gasteiger partial charge in [-0.1, -0.05) is 35.4 Å². The zero-order valence-corrected chi connectivity index (χ0v) is 12.3. The molecule has 0 aliphatic carbocycles. The Morgan fingerprint density at radius 3 is 2.81 bits per heavy atom. The van der Waals surface area contributed by atoms with Crippen molar-refractivity contribution in [2.24, 2.45) is 0 Å². The Morgan fingerprint density at radius 2 is 2.10 bits per heavy atom. The van der Waals surface area contributed by atoms with E-state index in [4.69, 9.17) is 9.15 Å². The van der Waals surface area contributed by atoms with Crippen LogP contribution in [-0.2, 0) is 4.74 Å². The maximum absolute atomic E-state index is 5.95. The molecule has 3 rings (SSSR count). The van der Waals surface area contributed by atoms with Crippen molar-refractivity contribution in [1.82, 2.24) is 15.1 Å². The molecular formula is C15H20N4O2. The number of hydrogen-bond acceptors (Lipinski definition) is 6. The molecule has 1 N–H and O–H groups in total. The van der Waals surface area contributed by atoms with E-state index in [-0.39, 0.29) is 12.1 Å². The van der Waals surface area contributed by atoms with E-state index in [2.05, 4.69) is 51.7 Å². The van der Waals surface area contributed by atoms with Gasteiger partial charge in [-0.2, -0.15) is 0 Å². The van der Waals surface area contributed by atoms with Crippen molar-refractivity contribution in [3.8, 4) is 0 Å². The molecule has 1 aromatic heterocycles. The molecule has 1 saturated heterocycles. The molecule has 2 aromatic rings. The van der Waals surface area contributed by atoms with Gasteiger partial charge in [0.1, 0.15) is 0 Å². The number of morpholine rings is 1. The van der Waals surface area contributed by atoms with Crippen LogP contribution in [0, 0.1) is 6.92 Å². The number of anilines is 1. The molecule has 0 unspecified atom stereocenters. The van der Waals surface area contributed by atoms with Crippen molar-refractivity contribution >= 4 is 6.01 Å². The number of likely N-dealkylation sites (N-methyl/N-ethyl adjacent to an activating group) is 1. The lowest BCUT2D eigenvalue weighted by Crippen LogP contribution is -2.46. The van der Waals surface area contributed by atoms with Crippen LogP contribution in [0.4, 0.5) is 6.01 Å². The predicted octanol–water partition coefficient (Wildman–Crippen LogP) is 1.86. The molecular weight excluding hydrogens is 268 g/mol. The summed E-state index contributed by atoms with van der Waals surface area (Å²) in [4.78, 5) is 2.32. The van der Waals surface area contributed by atoms with Crippen molar-refractivity contribution < 1.29 is 9.15 Å². The van der Waals surface area contributed by atoms with Crippen LogP contribution in [0.25, 0.3) is 0 Å². The van der Waals surface area contributed by atoms with Gasteiger partial charge in [-0.25, -0.2) is 0 Å². The van der Waals surface area contributed by atoms with E-state index in [1.54, 1.807) is 6.92 Å². The molecule has 0 bridgehead atoms. The molecule has 1 fully saturated rings. The molecule has 0 spiro atoms. The van der Waals surface area contributed by atoms with Crippen LogP contribution in [0.5, 0.6) is 0 Å². The van der Waals surface area contributed by atoms with Gasteiger partial charge in [-0.15, -0.1) is 5.10 Å². The minimum Gasteiger partial charge on any atom is -0.408 e. The first-order valence-corrected chi connectivity index (χ1v) is 7.15. The minimum absolute atomic E-state index is 0.0401. The standard InChI is InChI=1S/C15H20N4O2/c1-11-17-18-15(21-11)16-10-13-14(19(2)8-9-20-13)12-6-4-3-5-7-12/h3-7,13-14H,8-10H2,1-2H3,(H,16,18)/t13-,14-/m0/s1. The summed E-state index contributed by atoms with van der Waals surface area (Å²) in [6, 6.07) is 11.1. The Balaban J connectivity index is 1.72. The van der Waals surface area contributed by atoms with Crippen LogP contribution in [-0.4, -0.2) is 47.9 Å². The first-order chi connectivity index (χ1) is 10.2. The van der Waals surface area contributed by atoms with Gasteiger partial charge >= 0.3 is 6.01 Å². The Morgan fingerprint density at radius 1 is 1.29 bits per heavy atom. The molecule has 1 aliphatic rings. The molecule has 1 aliphatic heterocycles. The van der Waals surface area contributed by atoms with Crippen molar-refractivity contribution in [3.05, 3.63) is 41.8 Å². The first kappa shape index (κ1) is 14.0. The van der Waals surface area contributed by atoms with Gasteiger partial charge in [-0.3, -0.25) is 4.90 Å². The van der Waals surface area contributed by atoms with Gasteiger partial charge in [0, 0.05) is 20.0 Å². The lowest BCUT2D eigenvalue weighted by molar-refractivity contribution is -0.0558. The highest BCUT2D eigenvalue weighted by atomic mass is 16.5. The van der Waals surface area contributed by atoms with Crippen LogP contribution in [0.2, 0.25) is 0 Å². The summed E-state index contributed by atoms with van der Waals surface area (Å²) in [6.45, 7) is 4.06. The fourth-order valence-corrected chi connectivity index (χ4v) is 2.71. The minimum atomic E-state index is 0.0401. The van der Waals surface area contributed by atoms with Gasteiger partial charge in [0.25, 0.3) is 0 Å². The molecule has 112 valence electrons.